The Morgan fingerprint density at radius 2 is 1.44 bits per heavy atom. The van der Waals surface area contributed by atoms with Crippen molar-refractivity contribution >= 4 is 17.7 Å². The van der Waals surface area contributed by atoms with Crippen LogP contribution in [-0.4, -0.2) is 16.3 Å². The Bertz CT molecular complexity index is 1630. The van der Waals surface area contributed by atoms with Gasteiger partial charge >= 0.3 is 0 Å². The van der Waals surface area contributed by atoms with E-state index in [1.807, 2.05) is 12.1 Å². The molecule has 220 valence electrons. The molecule has 0 fully saturated rings. The van der Waals surface area contributed by atoms with E-state index in [-0.39, 0.29) is 11.2 Å². The summed E-state index contributed by atoms with van der Waals surface area (Å²) in [5, 5.41) is 10.4. The van der Waals surface area contributed by atoms with Crippen molar-refractivity contribution < 1.29 is 5.11 Å². The van der Waals surface area contributed by atoms with Crippen LogP contribution >= 0.6 is 0 Å². The molecule has 0 spiro atoms. The summed E-state index contributed by atoms with van der Waals surface area (Å²) in [4.78, 5) is 8.49. The summed E-state index contributed by atoms with van der Waals surface area (Å²) in [7, 11) is 0. The van der Waals surface area contributed by atoms with Gasteiger partial charge in [0.05, 0.1) is 0 Å². The van der Waals surface area contributed by atoms with Crippen molar-refractivity contribution in [2.24, 2.45) is 4.99 Å². The van der Waals surface area contributed by atoms with E-state index in [9.17, 15) is 5.11 Å². The second kappa shape index (κ2) is 14.2. The lowest BCUT2D eigenvalue weighted by atomic mass is 9.70. The maximum atomic E-state index is 10.4. The number of hydrogen-bond donors (Lipinski definition) is 2. The molecule has 1 aliphatic rings. The number of hydrogen-bond acceptors (Lipinski definition) is 4. The van der Waals surface area contributed by atoms with Crippen molar-refractivity contribution in [3.63, 3.8) is 0 Å². The summed E-state index contributed by atoms with van der Waals surface area (Å²) in [6.07, 6.45) is 15.7. The molecule has 1 aromatic heterocycles. The second-order valence-electron chi connectivity index (χ2n) is 11.7. The largest absolute Gasteiger partial charge is 0.507 e. The number of aromatic hydroxyl groups is 1. The molecule has 0 radical (unpaired) electrons. The molecule has 0 amide bonds. The van der Waals surface area contributed by atoms with Crippen LogP contribution in [-0.2, 0) is 5.41 Å². The fourth-order valence-electron chi connectivity index (χ4n) is 6.44. The second-order valence-corrected chi connectivity index (χ2v) is 11.7. The molecule has 43 heavy (non-hydrogen) atoms. The predicted octanol–water partition coefficient (Wildman–Crippen LogP) is 9.73. The first kappa shape index (κ1) is 30.1. The maximum Gasteiger partial charge on any atom is 0.149 e. The molecule has 0 saturated heterocycles. The van der Waals surface area contributed by atoms with Crippen molar-refractivity contribution in [2.75, 3.05) is 5.73 Å². The molecule has 1 aliphatic carbocycles. The third-order valence-electron chi connectivity index (χ3n) is 8.72. The highest BCUT2D eigenvalue weighted by molar-refractivity contribution is 5.87. The predicted molar refractivity (Wildman–Crippen MR) is 180 cm³/mol. The van der Waals surface area contributed by atoms with Crippen LogP contribution < -0.4 is 5.73 Å². The van der Waals surface area contributed by atoms with Crippen LogP contribution in [0.3, 0.4) is 0 Å². The first-order valence-corrected chi connectivity index (χ1v) is 15.9. The van der Waals surface area contributed by atoms with E-state index >= 15 is 0 Å². The van der Waals surface area contributed by atoms with E-state index in [1.54, 1.807) is 30.6 Å². The smallest absolute Gasteiger partial charge is 0.149 e. The molecular formula is C39H43N3O. The number of nitrogen functional groups attached to an aromatic ring is 1. The number of phenolic OH excluding ortho intramolecular Hbond substituents is 1. The third-order valence-corrected chi connectivity index (χ3v) is 8.72. The third kappa shape index (κ3) is 6.83. The van der Waals surface area contributed by atoms with Crippen molar-refractivity contribution in [2.45, 2.75) is 83.5 Å². The Hall–Kier alpha value is -4.36. The minimum atomic E-state index is 0.0431. The highest BCUT2D eigenvalue weighted by Crippen LogP contribution is 2.54. The Labute approximate surface area is 257 Å². The average molecular weight is 570 g/mol. The van der Waals surface area contributed by atoms with Crippen LogP contribution in [0.2, 0.25) is 0 Å². The zero-order valence-corrected chi connectivity index (χ0v) is 25.6. The van der Waals surface area contributed by atoms with Gasteiger partial charge < -0.3 is 10.8 Å². The van der Waals surface area contributed by atoms with Crippen LogP contribution in [0.4, 0.5) is 11.5 Å². The van der Waals surface area contributed by atoms with Gasteiger partial charge in [-0.1, -0.05) is 107 Å². The van der Waals surface area contributed by atoms with Crippen molar-refractivity contribution in [3.05, 3.63) is 107 Å². The Morgan fingerprint density at radius 3 is 2.16 bits per heavy atom. The molecule has 3 aromatic carbocycles. The zero-order chi connectivity index (χ0) is 30.1. The van der Waals surface area contributed by atoms with E-state index in [0.29, 0.717) is 17.1 Å². The summed E-state index contributed by atoms with van der Waals surface area (Å²) >= 11 is 0. The summed E-state index contributed by atoms with van der Waals surface area (Å²) in [5.41, 5.74) is 14.6. The van der Waals surface area contributed by atoms with Crippen LogP contribution in [0.1, 0.15) is 106 Å². The van der Waals surface area contributed by atoms with Crippen LogP contribution in [0, 0.1) is 11.8 Å². The Kier molecular flexibility index (Phi) is 9.95. The maximum absolute atomic E-state index is 10.4. The number of fused-ring (bicyclic) bond motifs is 3. The molecule has 4 nitrogen and oxygen atoms in total. The van der Waals surface area contributed by atoms with Gasteiger partial charge in [-0.25, -0.2) is 4.98 Å². The lowest BCUT2D eigenvalue weighted by Gasteiger charge is -2.33. The Balaban J connectivity index is 1.47. The molecule has 0 aliphatic heterocycles. The van der Waals surface area contributed by atoms with Gasteiger partial charge in [0.15, 0.2) is 0 Å². The van der Waals surface area contributed by atoms with E-state index in [0.717, 1.165) is 11.1 Å². The number of pyridine rings is 1. The van der Waals surface area contributed by atoms with Gasteiger partial charge in [-0.15, -0.1) is 0 Å². The molecular weight excluding hydrogens is 526 g/mol. The number of unbranched alkanes of at least 4 members (excludes halogenated alkanes) is 6. The highest BCUT2D eigenvalue weighted by Gasteiger charge is 2.42. The summed E-state index contributed by atoms with van der Waals surface area (Å²) in [6, 6.07) is 24.8. The Morgan fingerprint density at radius 1 is 0.767 bits per heavy atom. The highest BCUT2D eigenvalue weighted by atomic mass is 16.3. The molecule has 1 heterocycles. The number of anilines is 1. The SMILES string of the molecule is CCCCCCC1(CCCCCC)c2ccccc2-c2ccc(C#Cc3ccc(O)c(C=Nc4cccnc4N)c3)cc21. The molecule has 3 N–H and O–H groups in total. The topological polar surface area (TPSA) is 71.5 Å². The van der Waals surface area contributed by atoms with Crippen LogP contribution in [0.25, 0.3) is 11.1 Å². The summed E-state index contributed by atoms with van der Waals surface area (Å²) in [5.74, 6) is 7.26. The lowest BCUT2D eigenvalue weighted by Crippen LogP contribution is -2.25. The number of phenols is 1. The number of nitrogens with zero attached hydrogens (tertiary/aromatic N) is 2. The number of rotatable bonds is 12. The monoisotopic (exact) mass is 569 g/mol. The van der Waals surface area contributed by atoms with E-state index in [4.69, 9.17) is 5.73 Å². The standard InChI is InChI=1S/C39H43N3O/c1-3-5-7-11-23-39(24-12-8-6-4-2)34-15-10-9-14-32(34)33-21-19-30(27-35(33)39)18-17-29-20-22-37(43)31(26-29)28-42-36-16-13-25-41-38(36)40/h9-10,13-16,19-22,25-28,43H,3-8,11-12,23-24H2,1-2H3,(H2,40,41). The van der Waals surface area contributed by atoms with Crippen LogP contribution in [0.5, 0.6) is 5.75 Å². The number of nitrogens with two attached hydrogens (primary N) is 1. The van der Waals surface area contributed by atoms with Crippen LogP contribution in [0.15, 0.2) is 84.0 Å². The van der Waals surface area contributed by atoms with Gasteiger partial charge in [0.25, 0.3) is 0 Å². The van der Waals surface area contributed by atoms with Crippen molar-refractivity contribution in [1.29, 1.82) is 0 Å². The molecule has 4 aromatic rings. The van der Waals surface area contributed by atoms with Crippen molar-refractivity contribution in [3.8, 4) is 28.7 Å². The van der Waals surface area contributed by atoms with Gasteiger partial charge in [0.1, 0.15) is 17.3 Å². The number of aromatic nitrogens is 1. The van der Waals surface area contributed by atoms with Gasteiger partial charge in [-0.05, 0) is 77.6 Å². The minimum Gasteiger partial charge on any atom is -0.507 e. The molecule has 5 rings (SSSR count). The van der Waals surface area contributed by atoms with E-state index in [2.05, 4.69) is 78.1 Å². The fraction of sp³-hybridized carbons (Fsp3) is 0.333. The molecule has 0 atom stereocenters. The quantitative estimate of drug-likeness (QED) is 0.101. The number of benzene rings is 3. The average Bonchev–Trinajstić information content (AvgIpc) is 3.30. The molecule has 4 heteroatoms. The van der Waals surface area contributed by atoms with E-state index < -0.39 is 0 Å². The van der Waals surface area contributed by atoms with Gasteiger partial charge in [-0.2, -0.15) is 0 Å². The van der Waals surface area contributed by atoms with Gasteiger partial charge in [-0.3, -0.25) is 4.99 Å². The molecule has 0 unspecified atom stereocenters. The normalized spacial score (nSPS) is 13.0. The van der Waals surface area contributed by atoms with Gasteiger partial charge in [0, 0.05) is 34.5 Å². The minimum absolute atomic E-state index is 0.0431. The van der Waals surface area contributed by atoms with Crippen molar-refractivity contribution in [1.82, 2.24) is 4.98 Å². The van der Waals surface area contributed by atoms with Gasteiger partial charge in [0.2, 0.25) is 0 Å². The first-order valence-electron chi connectivity index (χ1n) is 15.9. The summed E-state index contributed by atoms with van der Waals surface area (Å²) in [6.45, 7) is 4.57. The fourth-order valence-corrected chi connectivity index (χ4v) is 6.44. The van der Waals surface area contributed by atoms with E-state index in [1.165, 1.54) is 86.5 Å². The lowest BCUT2D eigenvalue weighted by molar-refractivity contribution is 0.401. The summed E-state index contributed by atoms with van der Waals surface area (Å²) < 4.78 is 0. The zero-order valence-electron chi connectivity index (χ0n) is 25.6. The first-order chi connectivity index (χ1) is 21.1. The number of aliphatic imine (C=N–C) groups is 1. The molecule has 0 bridgehead atoms. The molecule has 0 saturated carbocycles.